The largest absolute Gasteiger partial charge is 0.586 e. The molecule has 1 aromatic carbocycles. The van der Waals surface area contributed by atoms with Gasteiger partial charge in [0.25, 0.3) is 5.91 Å². The highest BCUT2D eigenvalue weighted by Crippen LogP contribution is 2.42. The Morgan fingerprint density at radius 1 is 1.27 bits per heavy atom. The molecule has 1 aliphatic heterocycles. The fourth-order valence-corrected chi connectivity index (χ4v) is 2.07. The molecular formula is C12H7F2N5O3. The Labute approximate surface area is 120 Å². The van der Waals surface area contributed by atoms with Crippen LogP contribution in [0, 0.1) is 0 Å². The molecular weight excluding hydrogens is 300 g/mol. The van der Waals surface area contributed by atoms with Crippen molar-refractivity contribution in [1.82, 2.24) is 19.9 Å². The first-order valence-corrected chi connectivity index (χ1v) is 6.09. The van der Waals surface area contributed by atoms with Crippen molar-refractivity contribution in [3.05, 3.63) is 30.4 Å². The zero-order valence-corrected chi connectivity index (χ0v) is 10.7. The highest BCUT2D eigenvalue weighted by molar-refractivity contribution is 6.02. The SMILES string of the molecule is O=C(Nc1nc2cc3c(cc2[nH]1)OC(F)(F)O3)c1cnc[nH]1. The van der Waals surface area contributed by atoms with Crippen molar-refractivity contribution < 1.29 is 23.0 Å². The number of ether oxygens (including phenoxy) is 2. The average Bonchev–Trinajstić information content (AvgIpc) is 3.11. The number of imidazole rings is 2. The van der Waals surface area contributed by atoms with E-state index in [1.807, 2.05) is 0 Å². The van der Waals surface area contributed by atoms with E-state index in [0.29, 0.717) is 11.0 Å². The number of hydrogen-bond donors (Lipinski definition) is 3. The van der Waals surface area contributed by atoms with Crippen LogP contribution in [0.25, 0.3) is 11.0 Å². The fraction of sp³-hybridized carbons (Fsp3) is 0.0833. The van der Waals surface area contributed by atoms with Crippen molar-refractivity contribution in [2.75, 3.05) is 5.32 Å². The van der Waals surface area contributed by atoms with Crippen LogP contribution in [0.4, 0.5) is 14.7 Å². The van der Waals surface area contributed by atoms with Crippen LogP contribution in [-0.4, -0.2) is 32.1 Å². The Hall–Kier alpha value is -3.17. The first-order chi connectivity index (χ1) is 10.5. The minimum atomic E-state index is -3.68. The van der Waals surface area contributed by atoms with Crippen molar-refractivity contribution in [3.63, 3.8) is 0 Å². The Bertz CT molecular complexity index is 829. The minimum Gasteiger partial charge on any atom is -0.395 e. The van der Waals surface area contributed by atoms with E-state index in [0.717, 1.165) is 0 Å². The summed E-state index contributed by atoms with van der Waals surface area (Å²) in [6, 6.07) is 2.62. The van der Waals surface area contributed by atoms with E-state index in [4.69, 9.17) is 0 Å². The van der Waals surface area contributed by atoms with Crippen LogP contribution < -0.4 is 14.8 Å². The first kappa shape index (κ1) is 12.6. The summed E-state index contributed by atoms with van der Waals surface area (Å²) in [6.07, 6.45) is -0.956. The summed E-state index contributed by atoms with van der Waals surface area (Å²) >= 11 is 0. The molecule has 22 heavy (non-hydrogen) atoms. The van der Waals surface area contributed by atoms with E-state index in [1.165, 1.54) is 24.7 Å². The lowest BCUT2D eigenvalue weighted by atomic mass is 10.3. The van der Waals surface area contributed by atoms with Crippen molar-refractivity contribution in [2.45, 2.75) is 6.29 Å². The molecule has 0 atom stereocenters. The predicted molar refractivity (Wildman–Crippen MR) is 68.8 cm³/mol. The number of anilines is 1. The lowest BCUT2D eigenvalue weighted by molar-refractivity contribution is -0.286. The first-order valence-electron chi connectivity index (χ1n) is 6.09. The number of aromatic amines is 2. The molecule has 0 spiro atoms. The number of nitrogens with one attached hydrogen (secondary N) is 3. The van der Waals surface area contributed by atoms with E-state index in [2.05, 4.69) is 34.7 Å². The molecule has 0 fully saturated rings. The maximum atomic E-state index is 13.0. The van der Waals surface area contributed by atoms with Gasteiger partial charge in [0.15, 0.2) is 11.5 Å². The fourth-order valence-electron chi connectivity index (χ4n) is 2.07. The van der Waals surface area contributed by atoms with Gasteiger partial charge in [-0.25, -0.2) is 9.97 Å². The number of aromatic nitrogens is 4. The number of carbonyl (C=O) groups excluding carboxylic acids is 1. The molecule has 4 rings (SSSR count). The van der Waals surface area contributed by atoms with Crippen LogP contribution in [-0.2, 0) is 0 Å². The van der Waals surface area contributed by atoms with Crippen molar-refractivity contribution in [2.24, 2.45) is 0 Å². The van der Waals surface area contributed by atoms with Gasteiger partial charge in [-0.2, -0.15) is 0 Å². The van der Waals surface area contributed by atoms with Gasteiger partial charge in [-0.15, -0.1) is 8.78 Å². The molecule has 3 N–H and O–H groups in total. The standard InChI is InChI=1S/C12H7F2N5O3/c13-12(14)21-8-1-5-6(2-9(8)22-12)18-11(17-5)19-10(20)7-3-15-4-16-7/h1-4H,(H,15,16)(H2,17,18,19,20). The molecule has 0 unspecified atom stereocenters. The second-order valence-corrected chi connectivity index (χ2v) is 4.49. The Balaban J connectivity index is 1.64. The third-order valence-electron chi connectivity index (χ3n) is 2.98. The third kappa shape index (κ3) is 2.01. The van der Waals surface area contributed by atoms with Crippen LogP contribution >= 0.6 is 0 Å². The predicted octanol–water partition coefficient (Wildman–Crippen LogP) is 1.86. The van der Waals surface area contributed by atoms with Gasteiger partial charge in [0.1, 0.15) is 5.69 Å². The molecule has 0 bridgehead atoms. The van der Waals surface area contributed by atoms with Gasteiger partial charge >= 0.3 is 6.29 Å². The molecule has 10 heteroatoms. The number of rotatable bonds is 2. The van der Waals surface area contributed by atoms with Gasteiger partial charge in [-0.1, -0.05) is 0 Å². The van der Waals surface area contributed by atoms with Crippen molar-refractivity contribution in [3.8, 4) is 11.5 Å². The molecule has 1 aliphatic rings. The van der Waals surface area contributed by atoms with Crippen LogP contribution in [0.15, 0.2) is 24.7 Å². The normalized spacial score (nSPS) is 15.2. The van der Waals surface area contributed by atoms with Gasteiger partial charge in [0, 0.05) is 12.1 Å². The molecule has 0 aliphatic carbocycles. The van der Waals surface area contributed by atoms with E-state index < -0.39 is 12.2 Å². The van der Waals surface area contributed by atoms with Gasteiger partial charge < -0.3 is 19.4 Å². The second-order valence-electron chi connectivity index (χ2n) is 4.49. The number of halogens is 2. The molecule has 112 valence electrons. The minimum absolute atomic E-state index is 0.104. The summed E-state index contributed by atoms with van der Waals surface area (Å²) in [6.45, 7) is 0. The summed E-state index contributed by atoms with van der Waals surface area (Å²) in [5, 5.41) is 2.52. The lowest BCUT2D eigenvalue weighted by Crippen LogP contribution is -2.25. The molecule has 1 amide bonds. The Kier molecular flexibility index (Phi) is 2.38. The Morgan fingerprint density at radius 2 is 2.05 bits per heavy atom. The number of hydrogen-bond acceptors (Lipinski definition) is 5. The molecule has 0 radical (unpaired) electrons. The van der Waals surface area contributed by atoms with Crippen LogP contribution in [0.1, 0.15) is 10.5 Å². The number of nitrogens with zero attached hydrogens (tertiary/aromatic N) is 2. The number of amides is 1. The quantitative estimate of drug-likeness (QED) is 0.670. The van der Waals surface area contributed by atoms with Gasteiger partial charge in [0.2, 0.25) is 5.95 Å². The van der Waals surface area contributed by atoms with Crippen molar-refractivity contribution in [1.29, 1.82) is 0 Å². The van der Waals surface area contributed by atoms with Crippen LogP contribution in [0.3, 0.4) is 0 Å². The zero-order valence-electron chi connectivity index (χ0n) is 10.7. The number of benzene rings is 1. The van der Waals surface area contributed by atoms with E-state index in [9.17, 15) is 13.6 Å². The maximum absolute atomic E-state index is 13.0. The van der Waals surface area contributed by atoms with Crippen LogP contribution in [0.5, 0.6) is 11.5 Å². The molecule has 3 aromatic rings. The maximum Gasteiger partial charge on any atom is 0.586 e. The van der Waals surface area contributed by atoms with Gasteiger partial charge in [0.05, 0.1) is 23.6 Å². The zero-order chi connectivity index (χ0) is 15.3. The molecule has 2 aromatic heterocycles. The molecule has 0 saturated carbocycles. The number of fused-ring (bicyclic) bond motifs is 2. The van der Waals surface area contributed by atoms with E-state index in [1.54, 1.807) is 0 Å². The summed E-state index contributed by atoms with van der Waals surface area (Å²) in [5.74, 6) is -0.504. The monoisotopic (exact) mass is 307 g/mol. The smallest absolute Gasteiger partial charge is 0.395 e. The van der Waals surface area contributed by atoms with E-state index in [-0.39, 0.29) is 23.1 Å². The molecule has 3 heterocycles. The lowest BCUT2D eigenvalue weighted by Gasteiger charge is -2.04. The highest BCUT2D eigenvalue weighted by atomic mass is 19.3. The molecule has 0 saturated heterocycles. The highest BCUT2D eigenvalue weighted by Gasteiger charge is 2.43. The third-order valence-corrected chi connectivity index (χ3v) is 2.98. The number of H-pyrrole nitrogens is 2. The topological polar surface area (TPSA) is 105 Å². The molecule has 8 nitrogen and oxygen atoms in total. The van der Waals surface area contributed by atoms with Gasteiger partial charge in [-0.05, 0) is 0 Å². The Morgan fingerprint density at radius 3 is 2.77 bits per heavy atom. The number of carbonyl (C=O) groups is 1. The summed E-state index contributed by atoms with van der Waals surface area (Å²) in [4.78, 5) is 25.1. The summed E-state index contributed by atoms with van der Waals surface area (Å²) in [7, 11) is 0. The van der Waals surface area contributed by atoms with Crippen molar-refractivity contribution >= 4 is 22.9 Å². The van der Waals surface area contributed by atoms with Crippen LogP contribution in [0.2, 0.25) is 0 Å². The van der Waals surface area contributed by atoms with Gasteiger partial charge in [-0.3, -0.25) is 10.1 Å². The summed E-state index contributed by atoms with van der Waals surface area (Å²) < 4.78 is 34.6. The summed E-state index contributed by atoms with van der Waals surface area (Å²) in [5.41, 5.74) is 1.02. The average molecular weight is 307 g/mol. The van der Waals surface area contributed by atoms with E-state index >= 15 is 0 Å². The second kappa shape index (κ2) is 4.16. The number of alkyl halides is 2.